The molecule has 2 N–H and O–H groups in total. The molecular formula is C13H22N4O. The second-order valence-corrected chi connectivity index (χ2v) is 5.25. The molecule has 0 atom stereocenters. The molecule has 0 saturated heterocycles. The predicted molar refractivity (Wildman–Crippen MR) is 71.4 cm³/mol. The summed E-state index contributed by atoms with van der Waals surface area (Å²) in [7, 11) is 3.94. The van der Waals surface area contributed by atoms with Gasteiger partial charge in [-0.1, -0.05) is 0 Å². The predicted octanol–water partition coefficient (Wildman–Crippen LogP) is 1.03. The molecule has 1 aromatic rings. The van der Waals surface area contributed by atoms with Gasteiger partial charge in [-0.15, -0.1) is 0 Å². The molecule has 18 heavy (non-hydrogen) atoms. The summed E-state index contributed by atoms with van der Waals surface area (Å²) in [4.78, 5) is 11.1. The molecule has 0 aromatic carbocycles. The number of aliphatic hydroxyl groups is 1. The van der Waals surface area contributed by atoms with E-state index in [1.165, 1.54) is 0 Å². The van der Waals surface area contributed by atoms with Crippen molar-refractivity contribution >= 4 is 5.82 Å². The molecule has 0 spiro atoms. The molecule has 1 aliphatic rings. The highest BCUT2D eigenvalue weighted by atomic mass is 16.3. The zero-order valence-electron chi connectivity index (χ0n) is 11.3. The van der Waals surface area contributed by atoms with E-state index in [1.54, 1.807) is 0 Å². The molecule has 5 heteroatoms. The monoisotopic (exact) mass is 250 g/mol. The van der Waals surface area contributed by atoms with Gasteiger partial charge in [0.1, 0.15) is 11.6 Å². The van der Waals surface area contributed by atoms with E-state index in [-0.39, 0.29) is 6.10 Å². The van der Waals surface area contributed by atoms with Crippen LogP contribution >= 0.6 is 0 Å². The quantitative estimate of drug-likeness (QED) is 0.817. The number of anilines is 1. The highest BCUT2D eigenvalue weighted by Crippen LogP contribution is 2.27. The van der Waals surface area contributed by atoms with Gasteiger partial charge >= 0.3 is 0 Å². The Morgan fingerprint density at radius 3 is 2.78 bits per heavy atom. The van der Waals surface area contributed by atoms with Crippen molar-refractivity contribution in [3.63, 3.8) is 0 Å². The fourth-order valence-electron chi connectivity index (χ4n) is 2.43. The number of rotatable bonds is 5. The Labute approximate surface area is 108 Å². The van der Waals surface area contributed by atoms with Crippen molar-refractivity contribution in [1.82, 2.24) is 14.9 Å². The lowest BCUT2D eigenvalue weighted by Gasteiger charge is -2.34. The molecule has 0 bridgehead atoms. The standard InChI is InChI=1S/C13H22N4O/c1-9-4-12(14-2)16-13(15-9)8-17(3)7-10-5-11(18)6-10/h4,10-11,18H,5-8H2,1-3H3,(H,14,15,16). The Bertz CT molecular complexity index is 404. The van der Waals surface area contributed by atoms with Gasteiger partial charge < -0.3 is 10.4 Å². The average molecular weight is 250 g/mol. The van der Waals surface area contributed by atoms with Gasteiger partial charge in [-0.05, 0) is 32.7 Å². The van der Waals surface area contributed by atoms with Crippen molar-refractivity contribution in [2.45, 2.75) is 32.4 Å². The second kappa shape index (κ2) is 5.63. The van der Waals surface area contributed by atoms with Crippen LogP contribution < -0.4 is 5.32 Å². The van der Waals surface area contributed by atoms with E-state index < -0.39 is 0 Å². The molecule has 1 aromatic heterocycles. The third-order valence-corrected chi connectivity index (χ3v) is 3.35. The lowest BCUT2D eigenvalue weighted by atomic mass is 9.82. The molecule has 0 unspecified atom stereocenters. The first kappa shape index (κ1) is 13.2. The van der Waals surface area contributed by atoms with Crippen LogP contribution in [0.2, 0.25) is 0 Å². The maximum atomic E-state index is 9.27. The number of nitrogens with one attached hydrogen (secondary N) is 1. The number of aliphatic hydroxyl groups excluding tert-OH is 1. The van der Waals surface area contributed by atoms with Gasteiger partial charge in [-0.3, -0.25) is 4.90 Å². The first-order valence-corrected chi connectivity index (χ1v) is 6.45. The minimum atomic E-state index is -0.0745. The summed E-state index contributed by atoms with van der Waals surface area (Å²) in [6.45, 7) is 3.74. The molecule has 0 aliphatic heterocycles. The molecule has 0 amide bonds. The van der Waals surface area contributed by atoms with Crippen LogP contribution in [0.1, 0.15) is 24.4 Å². The molecule has 1 saturated carbocycles. The third-order valence-electron chi connectivity index (χ3n) is 3.35. The first-order valence-electron chi connectivity index (χ1n) is 6.45. The summed E-state index contributed by atoms with van der Waals surface area (Å²) in [5, 5.41) is 12.3. The van der Waals surface area contributed by atoms with E-state index in [1.807, 2.05) is 20.0 Å². The second-order valence-electron chi connectivity index (χ2n) is 5.25. The molecule has 0 radical (unpaired) electrons. The summed E-state index contributed by atoms with van der Waals surface area (Å²) < 4.78 is 0. The highest BCUT2D eigenvalue weighted by Gasteiger charge is 2.27. The van der Waals surface area contributed by atoms with E-state index in [9.17, 15) is 5.11 Å². The van der Waals surface area contributed by atoms with Crippen molar-refractivity contribution in [3.05, 3.63) is 17.6 Å². The van der Waals surface area contributed by atoms with Crippen LogP contribution in [0.25, 0.3) is 0 Å². The van der Waals surface area contributed by atoms with Crippen LogP contribution in [0.5, 0.6) is 0 Å². The largest absolute Gasteiger partial charge is 0.393 e. The Hall–Kier alpha value is -1.20. The van der Waals surface area contributed by atoms with E-state index in [4.69, 9.17) is 0 Å². The van der Waals surface area contributed by atoms with Crippen LogP contribution in [0.4, 0.5) is 5.82 Å². The van der Waals surface area contributed by atoms with Crippen molar-refractivity contribution in [2.75, 3.05) is 26.0 Å². The SMILES string of the molecule is CNc1cc(C)nc(CN(C)CC2CC(O)C2)n1. The van der Waals surface area contributed by atoms with Crippen LogP contribution in [0, 0.1) is 12.8 Å². The van der Waals surface area contributed by atoms with Crippen molar-refractivity contribution in [1.29, 1.82) is 0 Å². The van der Waals surface area contributed by atoms with Gasteiger partial charge in [0.05, 0.1) is 12.6 Å². The third kappa shape index (κ3) is 3.40. The van der Waals surface area contributed by atoms with E-state index >= 15 is 0 Å². The van der Waals surface area contributed by atoms with Gasteiger partial charge in [0.15, 0.2) is 0 Å². The lowest BCUT2D eigenvalue weighted by Crippen LogP contribution is -2.37. The molecule has 1 fully saturated rings. The Morgan fingerprint density at radius 1 is 1.44 bits per heavy atom. The molecule has 5 nitrogen and oxygen atoms in total. The molecule has 2 rings (SSSR count). The summed E-state index contributed by atoms with van der Waals surface area (Å²) in [5.41, 5.74) is 0.983. The van der Waals surface area contributed by atoms with Crippen molar-refractivity contribution in [3.8, 4) is 0 Å². The number of aryl methyl sites for hydroxylation is 1. The summed E-state index contributed by atoms with van der Waals surface area (Å²) >= 11 is 0. The van der Waals surface area contributed by atoms with Crippen molar-refractivity contribution in [2.24, 2.45) is 5.92 Å². The smallest absolute Gasteiger partial charge is 0.144 e. The topological polar surface area (TPSA) is 61.3 Å². The van der Waals surface area contributed by atoms with E-state index in [0.29, 0.717) is 5.92 Å². The average Bonchev–Trinajstić information content (AvgIpc) is 2.26. The fraction of sp³-hybridized carbons (Fsp3) is 0.692. The lowest BCUT2D eigenvalue weighted by molar-refractivity contribution is 0.0271. The minimum Gasteiger partial charge on any atom is -0.393 e. The van der Waals surface area contributed by atoms with Crippen LogP contribution in [-0.4, -0.2) is 46.7 Å². The van der Waals surface area contributed by atoms with Gasteiger partial charge in [-0.25, -0.2) is 9.97 Å². The Morgan fingerprint density at radius 2 is 2.17 bits per heavy atom. The maximum Gasteiger partial charge on any atom is 0.144 e. The van der Waals surface area contributed by atoms with Gasteiger partial charge in [0, 0.05) is 25.4 Å². The first-order chi connectivity index (χ1) is 8.56. The fourth-order valence-corrected chi connectivity index (χ4v) is 2.43. The van der Waals surface area contributed by atoms with E-state index in [2.05, 4.69) is 27.2 Å². The molecule has 1 aliphatic carbocycles. The number of hydrogen-bond acceptors (Lipinski definition) is 5. The van der Waals surface area contributed by atoms with Gasteiger partial charge in [0.2, 0.25) is 0 Å². The summed E-state index contributed by atoms with van der Waals surface area (Å²) in [5.74, 6) is 2.34. The Kier molecular flexibility index (Phi) is 4.14. The Balaban J connectivity index is 1.89. The number of hydrogen-bond donors (Lipinski definition) is 2. The van der Waals surface area contributed by atoms with Gasteiger partial charge in [0.25, 0.3) is 0 Å². The molecule has 100 valence electrons. The molecule has 1 heterocycles. The normalized spacial score (nSPS) is 22.9. The summed E-state index contributed by atoms with van der Waals surface area (Å²) in [6.07, 6.45) is 1.79. The number of nitrogens with zero attached hydrogens (tertiary/aromatic N) is 3. The number of aromatic nitrogens is 2. The van der Waals surface area contributed by atoms with Crippen LogP contribution in [-0.2, 0) is 6.54 Å². The van der Waals surface area contributed by atoms with Gasteiger partial charge in [-0.2, -0.15) is 0 Å². The van der Waals surface area contributed by atoms with Crippen molar-refractivity contribution < 1.29 is 5.11 Å². The maximum absolute atomic E-state index is 9.27. The molecular weight excluding hydrogens is 228 g/mol. The van der Waals surface area contributed by atoms with Crippen LogP contribution in [0.15, 0.2) is 6.07 Å². The zero-order chi connectivity index (χ0) is 13.1. The minimum absolute atomic E-state index is 0.0745. The highest BCUT2D eigenvalue weighted by molar-refractivity contribution is 5.34. The zero-order valence-corrected chi connectivity index (χ0v) is 11.3. The van der Waals surface area contributed by atoms with E-state index in [0.717, 1.165) is 43.3 Å². The van der Waals surface area contributed by atoms with Crippen LogP contribution in [0.3, 0.4) is 0 Å². The summed E-state index contributed by atoms with van der Waals surface area (Å²) in [6, 6.07) is 1.94.